The van der Waals surface area contributed by atoms with E-state index in [-0.39, 0.29) is 6.42 Å². The maximum Gasteiger partial charge on any atom is 0.304 e. The van der Waals surface area contributed by atoms with Gasteiger partial charge in [-0.25, -0.2) is 0 Å². The smallest absolute Gasteiger partial charge is 0.304 e. The van der Waals surface area contributed by atoms with Crippen molar-refractivity contribution in [3.05, 3.63) is 0 Å². The van der Waals surface area contributed by atoms with Crippen molar-refractivity contribution >= 4 is 5.97 Å². The Morgan fingerprint density at radius 3 is 2.39 bits per heavy atom. The number of likely N-dealkylation sites (tertiary alicyclic amines) is 1. The standard InChI is InChI=1S/C13H24N2O3/c16-13(17)5-10-15-8-3-12(4-9-15)18-11-1-6-14-7-2-11/h11-12,14H,1-10H2,(H,16,17). The van der Waals surface area contributed by atoms with E-state index in [1.54, 1.807) is 0 Å². The van der Waals surface area contributed by atoms with Crippen LogP contribution in [0.1, 0.15) is 32.1 Å². The average Bonchev–Trinajstić information content (AvgIpc) is 2.39. The fourth-order valence-corrected chi connectivity index (χ4v) is 2.73. The summed E-state index contributed by atoms with van der Waals surface area (Å²) in [6, 6.07) is 0. The van der Waals surface area contributed by atoms with Gasteiger partial charge in [-0.05, 0) is 38.8 Å². The average molecular weight is 256 g/mol. The molecule has 5 nitrogen and oxygen atoms in total. The second-order valence-corrected chi connectivity index (χ2v) is 5.27. The molecule has 0 aromatic heterocycles. The lowest BCUT2D eigenvalue weighted by Crippen LogP contribution is -2.41. The van der Waals surface area contributed by atoms with Crippen LogP contribution < -0.4 is 5.32 Å². The first-order valence-corrected chi connectivity index (χ1v) is 7.04. The van der Waals surface area contributed by atoms with Crippen LogP contribution in [-0.2, 0) is 9.53 Å². The van der Waals surface area contributed by atoms with Crippen molar-refractivity contribution in [3.63, 3.8) is 0 Å². The van der Waals surface area contributed by atoms with Gasteiger partial charge in [0, 0.05) is 19.6 Å². The second kappa shape index (κ2) is 7.07. The van der Waals surface area contributed by atoms with Crippen LogP contribution in [0.5, 0.6) is 0 Å². The maximum atomic E-state index is 10.5. The molecular weight excluding hydrogens is 232 g/mol. The highest BCUT2D eigenvalue weighted by atomic mass is 16.5. The van der Waals surface area contributed by atoms with Gasteiger partial charge in [-0.3, -0.25) is 4.79 Å². The van der Waals surface area contributed by atoms with Crippen molar-refractivity contribution in [3.8, 4) is 0 Å². The Kier molecular flexibility index (Phi) is 5.41. The minimum absolute atomic E-state index is 0.250. The molecule has 2 N–H and O–H groups in total. The number of carbonyl (C=O) groups is 1. The van der Waals surface area contributed by atoms with Gasteiger partial charge in [0.05, 0.1) is 18.6 Å². The fourth-order valence-electron chi connectivity index (χ4n) is 2.73. The van der Waals surface area contributed by atoms with Crippen molar-refractivity contribution in [1.29, 1.82) is 0 Å². The molecule has 0 radical (unpaired) electrons. The molecule has 0 spiro atoms. The molecule has 2 aliphatic rings. The minimum atomic E-state index is -0.705. The molecule has 2 aliphatic heterocycles. The third-order valence-electron chi connectivity index (χ3n) is 3.85. The van der Waals surface area contributed by atoms with Crippen molar-refractivity contribution in [2.45, 2.75) is 44.3 Å². The van der Waals surface area contributed by atoms with Crippen LogP contribution in [0, 0.1) is 0 Å². The van der Waals surface area contributed by atoms with Gasteiger partial charge in [0.15, 0.2) is 0 Å². The van der Waals surface area contributed by atoms with Crippen molar-refractivity contribution < 1.29 is 14.6 Å². The Morgan fingerprint density at radius 1 is 1.17 bits per heavy atom. The van der Waals surface area contributed by atoms with Crippen LogP contribution in [-0.4, -0.2) is 60.9 Å². The van der Waals surface area contributed by atoms with E-state index in [4.69, 9.17) is 9.84 Å². The number of ether oxygens (including phenoxy) is 1. The first kappa shape index (κ1) is 13.8. The summed E-state index contributed by atoms with van der Waals surface area (Å²) in [4.78, 5) is 12.7. The number of aliphatic carboxylic acids is 1. The molecule has 2 heterocycles. The van der Waals surface area contributed by atoms with Crippen LogP contribution >= 0.6 is 0 Å². The molecule has 0 unspecified atom stereocenters. The third-order valence-corrected chi connectivity index (χ3v) is 3.85. The molecule has 18 heavy (non-hydrogen) atoms. The maximum absolute atomic E-state index is 10.5. The summed E-state index contributed by atoms with van der Waals surface area (Å²) < 4.78 is 6.12. The van der Waals surface area contributed by atoms with E-state index in [9.17, 15) is 4.79 Å². The Bertz CT molecular complexity index is 259. The van der Waals surface area contributed by atoms with Crippen LogP contribution in [0.15, 0.2) is 0 Å². The lowest BCUT2D eigenvalue weighted by atomic mass is 10.1. The molecule has 0 saturated carbocycles. The summed E-state index contributed by atoms with van der Waals surface area (Å²) in [6.45, 7) is 4.77. The molecule has 2 saturated heterocycles. The molecule has 5 heteroatoms. The lowest BCUT2D eigenvalue weighted by Gasteiger charge is -2.34. The van der Waals surface area contributed by atoms with Crippen LogP contribution in [0.4, 0.5) is 0 Å². The number of hydrogen-bond donors (Lipinski definition) is 2. The Morgan fingerprint density at radius 2 is 1.78 bits per heavy atom. The summed E-state index contributed by atoms with van der Waals surface area (Å²) in [5.74, 6) is -0.705. The Balaban J connectivity index is 1.62. The Hall–Kier alpha value is -0.650. The highest BCUT2D eigenvalue weighted by Gasteiger charge is 2.23. The summed E-state index contributed by atoms with van der Waals surface area (Å²) in [6.07, 6.45) is 5.40. The number of rotatable bonds is 5. The lowest BCUT2D eigenvalue weighted by molar-refractivity contribution is -0.137. The van der Waals surface area contributed by atoms with E-state index in [1.807, 2.05) is 0 Å². The highest BCUT2D eigenvalue weighted by Crippen LogP contribution is 2.18. The van der Waals surface area contributed by atoms with Crippen LogP contribution in [0.3, 0.4) is 0 Å². The zero-order valence-electron chi connectivity index (χ0n) is 10.9. The molecule has 0 amide bonds. The molecule has 2 rings (SSSR count). The summed E-state index contributed by atoms with van der Waals surface area (Å²) in [7, 11) is 0. The SMILES string of the molecule is O=C(O)CCN1CCC(OC2CCNCC2)CC1. The van der Waals surface area contributed by atoms with E-state index >= 15 is 0 Å². The van der Waals surface area contributed by atoms with E-state index in [1.165, 1.54) is 0 Å². The first-order valence-electron chi connectivity index (χ1n) is 7.04. The van der Waals surface area contributed by atoms with E-state index in [2.05, 4.69) is 10.2 Å². The van der Waals surface area contributed by atoms with Gasteiger partial charge in [0.1, 0.15) is 0 Å². The third kappa shape index (κ3) is 4.55. The van der Waals surface area contributed by atoms with E-state index < -0.39 is 5.97 Å². The van der Waals surface area contributed by atoms with Crippen LogP contribution in [0.2, 0.25) is 0 Å². The molecule has 0 aromatic rings. The molecule has 0 aromatic carbocycles. The zero-order chi connectivity index (χ0) is 12.8. The van der Waals surface area contributed by atoms with E-state index in [0.29, 0.717) is 18.8 Å². The fraction of sp³-hybridized carbons (Fsp3) is 0.923. The molecule has 0 atom stereocenters. The van der Waals surface area contributed by atoms with Gasteiger partial charge >= 0.3 is 5.97 Å². The molecule has 2 fully saturated rings. The number of nitrogens with zero attached hydrogens (tertiary/aromatic N) is 1. The van der Waals surface area contributed by atoms with Crippen LogP contribution in [0.25, 0.3) is 0 Å². The van der Waals surface area contributed by atoms with Crippen molar-refractivity contribution in [2.75, 3.05) is 32.7 Å². The number of carboxylic acid groups (broad SMARTS) is 1. The first-order chi connectivity index (χ1) is 8.74. The number of nitrogens with one attached hydrogen (secondary N) is 1. The molecule has 104 valence electrons. The van der Waals surface area contributed by atoms with Gasteiger partial charge in [-0.2, -0.15) is 0 Å². The second-order valence-electron chi connectivity index (χ2n) is 5.27. The minimum Gasteiger partial charge on any atom is -0.481 e. The van der Waals surface area contributed by atoms with Gasteiger partial charge < -0.3 is 20.1 Å². The molecular formula is C13H24N2O3. The number of piperidine rings is 2. The summed E-state index contributed by atoms with van der Waals surface area (Å²) in [5.41, 5.74) is 0. The van der Waals surface area contributed by atoms with Crippen molar-refractivity contribution in [2.24, 2.45) is 0 Å². The predicted molar refractivity (Wildman–Crippen MR) is 68.7 cm³/mol. The largest absolute Gasteiger partial charge is 0.481 e. The van der Waals surface area contributed by atoms with Crippen molar-refractivity contribution in [1.82, 2.24) is 10.2 Å². The quantitative estimate of drug-likeness (QED) is 0.758. The summed E-state index contributed by atoms with van der Waals surface area (Å²) >= 11 is 0. The number of hydrogen-bond acceptors (Lipinski definition) is 4. The van der Waals surface area contributed by atoms with Gasteiger partial charge in [0.2, 0.25) is 0 Å². The molecule has 0 bridgehead atoms. The predicted octanol–water partition coefficient (Wildman–Crippen LogP) is 0.694. The molecule has 0 aliphatic carbocycles. The normalized spacial score (nSPS) is 24.2. The van der Waals surface area contributed by atoms with Gasteiger partial charge in [-0.1, -0.05) is 0 Å². The highest BCUT2D eigenvalue weighted by molar-refractivity contribution is 5.66. The van der Waals surface area contributed by atoms with E-state index in [0.717, 1.165) is 51.9 Å². The topological polar surface area (TPSA) is 61.8 Å². The Labute approximate surface area is 108 Å². The summed E-state index contributed by atoms with van der Waals surface area (Å²) in [5, 5.41) is 12.0. The van der Waals surface area contributed by atoms with Gasteiger partial charge in [-0.15, -0.1) is 0 Å². The van der Waals surface area contributed by atoms with Gasteiger partial charge in [0.25, 0.3) is 0 Å². The number of carboxylic acids is 1. The zero-order valence-corrected chi connectivity index (χ0v) is 10.9. The monoisotopic (exact) mass is 256 g/mol.